The Kier molecular flexibility index (Phi) is 3.78. The van der Waals surface area contributed by atoms with Crippen molar-refractivity contribution in [1.29, 1.82) is 0 Å². The van der Waals surface area contributed by atoms with E-state index in [4.69, 9.17) is 5.11 Å². The van der Waals surface area contributed by atoms with Crippen LogP contribution in [0.5, 0.6) is 0 Å². The Morgan fingerprint density at radius 2 is 1.94 bits per heavy atom. The Hall–Kier alpha value is -2.08. The van der Waals surface area contributed by atoms with Crippen molar-refractivity contribution < 1.29 is 9.50 Å². The third-order valence-corrected chi connectivity index (χ3v) is 2.31. The lowest BCUT2D eigenvalue weighted by Gasteiger charge is -2.09. The zero-order valence-electron chi connectivity index (χ0n) is 9.89. The smallest absolute Gasteiger partial charge is 0.156 e. The molecule has 0 spiro atoms. The maximum absolute atomic E-state index is 12.9. The van der Waals surface area contributed by atoms with Crippen LogP contribution >= 0.6 is 0 Å². The number of nitrogens with zero attached hydrogens (tertiary/aromatic N) is 3. The normalized spacial score (nSPS) is 10.4. The van der Waals surface area contributed by atoms with Gasteiger partial charge in [-0.15, -0.1) is 10.2 Å². The summed E-state index contributed by atoms with van der Waals surface area (Å²) < 4.78 is 12.9. The first-order valence-electron chi connectivity index (χ1n) is 5.52. The molecule has 1 aromatic carbocycles. The van der Waals surface area contributed by atoms with E-state index in [9.17, 15) is 4.39 Å². The molecule has 0 aliphatic carbocycles. The number of rotatable bonds is 4. The highest BCUT2D eigenvalue weighted by Crippen LogP contribution is 2.23. The van der Waals surface area contributed by atoms with E-state index in [1.54, 1.807) is 19.1 Å². The summed E-state index contributed by atoms with van der Waals surface area (Å²) in [6.07, 6.45) is 0. The van der Waals surface area contributed by atoms with E-state index in [0.717, 1.165) is 5.56 Å². The molecule has 0 radical (unpaired) electrons. The standard InChI is InChI=1S/C12H13FN4O/c1-8-15-12(14-6-7-18)11(17-16-8)9-2-4-10(13)5-3-9/h2-5,18H,6-7H2,1H3,(H,14,15,16). The third-order valence-electron chi connectivity index (χ3n) is 2.31. The Morgan fingerprint density at radius 3 is 2.61 bits per heavy atom. The monoisotopic (exact) mass is 248 g/mol. The number of halogens is 1. The predicted octanol–water partition coefficient (Wildman–Crippen LogP) is 1.39. The van der Waals surface area contributed by atoms with Crippen molar-refractivity contribution in [2.24, 2.45) is 0 Å². The zero-order chi connectivity index (χ0) is 13.0. The molecule has 2 N–H and O–H groups in total. The topological polar surface area (TPSA) is 70.9 Å². The van der Waals surface area contributed by atoms with Crippen LogP contribution in [0.25, 0.3) is 11.3 Å². The molecule has 0 saturated carbocycles. The number of hydrogen-bond donors (Lipinski definition) is 2. The summed E-state index contributed by atoms with van der Waals surface area (Å²) >= 11 is 0. The molecule has 0 fully saturated rings. The van der Waals surface area contributed by atoms with E-state index in [1.165, 1.54) is 12.1 Å². The molecule has 0 aliphatic heterocycles. The number of anilines is 1. The predicted molar refractivity (Wildman–Crippen MR) is 65.5 cm³/mol. The van der Waals surface area contributed by atoms with Gasteiger partial charge in [-0.05, 0) is 31.2 Å². The van der Waals surface area contributed by atoms with Crippen LogP contribution < -0.4 is 5.32 Å². The molecule has 0 atom stereocenters. The summed E-state index contributed by atoms with van der Waals surface area (Å²) in [7, 11) is 0. The maximum Gasteiger partial charge on any atom is 0.156 e. The van der Waals surface area contributed by atoms with Crippen molar-refractivity contribution in [2.75, 3.05) is 18.5 Å². The number of aliphatic hydroxyl groups is 1. The van der Waals surface area contributed by atoms with Gasteiger partial charge in [0.1, 0.15) is 17.3 Å². The summed E-state index contributed by atoms with van der Waals surface area (Å²) in [5, 5.41) is 19.7. The van der Waals surface area contributed by atoms with E-state index in [-0.39, 0.29) is 12.4 Å². The molecule has 94 valence electrons. The summed E-state index contributed by atoms with van der Waals surface area (Å²) in [6.45, 7) is 2.09. The lowest BCUT2D eigenvalue weighted by atomic mass is 10.1. The van der Waals surface area contributed by atoms with Crippen molar-refractivity contribution >= 4 is 5.82 Å². The molecule has 18 heavy (non-hydrogen) atoms. The minimum Gasteiger partial charge on any atom is -0.395 e. The van der Waals surface area contributed by atoms with Gasteiger partial charge in [0.05, 0.1) is 6.61 Å². The second-order valence-electron chi connectivity index (χ2n) is 3.71. The first-order chi connectivity index (χ1) is 8.70. The second-order valence-corrected chi connectivity index (χ2v) is 3.71. The molecule has 5 nitrogen and oxygen atoms in total. The molecule has 0 amide bonds. The molecule has 0 bridgehead atoms. The molecule has 1 aromatic heterocycles. The Balaban J connectivity index is 2.39. The molecule has 6 heteroatoms. The van der Waals surface area contributed by atoms with Crippen LogP contribution in [-0.2, 0) is 0 Å². The van der Waals surface area contributed by atoms with Gasteiger partial charge in [-0.3, -0.25) is 0 Å². The lowest BCUT2D eigenvalue weighted by molar-refractivity contribution is 0.311. The number of nitrogens with one attached hydrogen (secondary N) is 1. The quantitative estimate of drug-likeness (QED) is 0.855. The average molecular weight is 248 g/mol. The summed E-state index contributed by atoms with van der Waals surface area (Å²) in [4.78, 5) is 4.22. The fraction of sp³-hybridized carbons (Fsp3) is 0.250. The Labute approximate surface area is 104 Å². The highest BCUT2D eigenvalue weighted by atomic mass is 19.1. The Morgan fingerprint density at radius 1 is 1.22 bits per heavy atom. The fourth-order valence-corrected chi connectivity index (χ4v) is 1.51. The highest BCUT2D eigenvalue weighted by molar-refractivity contribution is 5.70. The van der Waals surface area contributed by atoms with Gasteiger partial charge in [0.2, 0.25) is 0 Å². The van der Waals surface area contributed by atoms with Crippen molar-refractivity contribution in [1.82, 2.24) is 15.2 Å². The highest BCUT2D eigenvalue weighted by Gasteiger charge is 2.09. The van der Waals surface area contributed by atoms with Crippen LogP contribution in [0.4, 0.5) is 10.2 Å². The van der Waals surface area contributed by atoms with Crippen LogP contribution in [0, 0.1) is 12.7 Å². The van der Waals surface area contributed by atoms with Crippen molar-refractivity contribution in [2.45, 2.75) is 6.92 Å². The first kappa shape index (κ1) is 12.4. The van der Waals surface area contributed by atoms with Crippen molar-refractivity contribution in [3.8, 4) is 11.3 Å². The zero-order valence-corrected chi connectivity index (χ0v) is 9.89. The van der Waals surface area contributed by atoms with E-state index < -0.39 is 0 Å². The van der Waals surface area contributed by atoms with Gasteiger partial charge in [-0.1, -0.05) is 0 Å². The molecule has 1 heterocycles. The largest absolute Gasteiger partial charge is 0.395 e. The summed E-state index contributed by atoms with van der Waals surface area (Å²) in [5.41, 5.74) is 1.26. The van der Waals surface area contributed by atoms with E-state index >= 15 is 0 Å². The lowest BCUT2D eigenvalue weighted by Crippen LogP contribution is -2.10. The van der Waals surface area contributed by atoms with Gasteiger partial charge < -0.3 is 10.4 Å². The van der Waals surface area contributed by atoms with Gasteiger partial charge in [0, 0.05) is 12.1 Å². The average Bonchev–Trinajstić information content (AvgIpc) is 2.38. The third kappa shape index (κ3) is 2.78. The van der Waals surface area contributed by atoms with Gasteiger partial charge in [0.15, 0.2) is 5.82 Å². The molecular formula is C12H13FN4O. The number of aryl methyl sites for hydroxylation is 1. The molecule has 0 unspecified atom stereocenters. The molecular weight excluding hydrogens is 235 g/mol. The minimum absolute atomic E-state index is 0.00803. The molecule has 0 aliphatic rings. The van der Waals surface area contributed by atoms with Crippen LogP contribution in [0.2, 0.25) is 0 Å². The van der Waals surface area contributed by atoms with E-state index in [2.05, 4.69) is 20.5 Å². The maximum atomic E-state index is 12.9. The number of hydrogen-bond acceptors (Lipinski definition) is 5. The first-order valence-corrected chi connectivity index (χ1v) is 5.52. The van der Waals surface area contributed by atoms with E-state index in [0.29, 0.717) is 23.9 Å². The van der Waals surface area contributed by atoms with Gasteiger partial charge in [0.25, 0.3) is 0 Å². The van der Waals surface area contributed by atoms with Crippen LogP contribution in [0.1, 0.15) is 5.82 Å². The second kappa shape index (κ2) is 5.50. The molecule has 0 saturated heterocycles. The van der Waals surface area contributed by atoms with Gasteiger partial charge >= 0.3 is 0 Å². The summed E-state index contributed by atoms with van der Waals surface area (Å²) in [6, 6.07) is 5.93. The van der Waals surface area contributed by atoms with Crippen LogP contribution in [0.3, 0.4) is 0 Å². The van der Waals surface area contributed by atoms with Crippen LogP contribution in [0.15, 0.2) is 24.3 Å². The Bertz CT molecular complexity index is 530. The van der Waals surface area contributed by atoms with Crippen molar-refractivity contribution in [3.05, 3.63) is 35.9 Å². The number of aromatic nitrogens is 3. The van der Waals surface area contributed by atoms with Crippen molar-refractivity contribution in [3.63, 3.8) is 0 Å². The number of aliphatic hydroxyl groups excluding tert-OH is 1. The molecule has 2 aromatic rings. The fourth-order valence-electron chi connectivity index (χ4n) is 1.51. The summed E-state index contributed by atoms with van der Waals surface area (Å²) in [5.74, 6) is 0.751. The van der Waals surface area contributed by atoms with Gasteiger partial charge in [-0.25, -0.2) is 9.37 Å². The van der Waals surface area contributed by atoms with Gasteiger partial charge in [-0.2, -0.15) is 0 Å². The SMILES string of the molecule is Cc1nnc(-c2ccc(F)cc2)c(NCCO)n1. The van der Waals surface area contributed by atoms with Crippen LogP contribution in [-0.4, -0.2) is 33.4 Å². The molecule has 2 rings (SSSR count). The minimum atomic E-state index is -0.309. The number of benzene rings is 1. The van der Waals surface area contributed by atoms with E-state index in [1.807, 2.05) is 0 Å².